The molecule has 1 aliphatic heterocycles. The van der Waals surface area contributed by atoms with Gasteiger partial charge in [0.25, 0.3) is 0 Å². The number of ether oxygens (including phenoxy) is 1. The first-order chi connectivity index (χ1) is 9.90. The third-order valence-electron chi connectivity index (χ3n) is 4.24. The van der Waals surface area contributed by atoms with Gasteiger partial charge in [0, 0.05) is 19.8 Å². The molecule has 0 radical (unpaired) electrons. The maximum Gasteiger partial charge on any atom is 0.0466 e. The van der Waals surface area contributed by atoms with E-state index in [0.29, 0.717) is 5.92 Å². The topological polar surface area (TPSA) is 12.5 Å². The minimum atomic E-state index is 0.662. The molecule has 0 aromatic heterocycles. The summed E-state index contributed by atoms with van der Waals surface area (Å²) in [6.07, 6.45) is 6.57. The van der Waals surface area contributed by atoms with Crippen molar-refractivity contribution in [3.63, 3.8) is 0 Å². The lowest BCUT2D eigenvalue weighted by molar-refractivity contribution is 0.138. The van der Waals surface area contributed by atoms with E-state index in [1.165, 1.54) is 57.3 Å². The molecule has 0 amide bonds. The molecule has 1 aliphatic rings. The molecule has 1 atom stereocenters. The molecule has 0 aliphatic carbocycles. The number of hydrogen-bond acceptors (Lipinski definition) is 2. The smallest absolute Gasteiger partial charge is 0.0466 e. The Bertz CT molecular complexity index is 346. The molecule has 2 heteroatoms. The van der Waals surface area contributed by atoms with Gasteiger partial charge in [-0.05, 0) is 57.2 Å². The van der Waals surface area contributed by atoms with E-state index >= 15 is 0 Å². The van der Waals surface area contributed by atoms with Crippen LogP contribution in [0.1, 0.15) is 50.5 Å². The maximum absolute atomic E-state index is 5.50. The Kier molecular flexibility index (Phi) is 7.10. The van der Waals surface area contributed by atoms with Crippen molar-refractivity contribution in [1.29, 1.82) is 0 Å². The predicted molar refractivity (Wildman–Crippen MR) is 85.2 cm³/mol. The van der Waals surface area contributed by atoms with Crippen molar-refractivity contribution in [1.82, 2.24) is 4.90 Å². The Hall–Kier alpha value is -0.860. The van der Waals surface area contributed by atoms with Crippen molar-refractivity contribution in [2.75, 3.05) is 32.8 Å². The monoisotopic (exact) mass is 275 g/mol. The predicted octanol–water partition coefficient (Wildman–Crippen LogP) is 4.07. The van der Waals surface area contributed by atoms with Gasteiger partial charge in [0.15, 0.2) is 0 Å². The Morgan fingerprint density at radius 2 is 1.85 bits per heavy atom. The molecule has 1 saturated heterocycles. The first-order valence-electron chi connectivity index (χ1n) is 8.25. The lowest BCUT2D eigenvalue weighted by Gasteiger charge is -2.30. The third kappa shape index (κ3) is 5.26. The van der Waals surface area contributed by atoms with Crippen LogP contribution in [0.5, 0.6) is 0 Å². The molecule has 0 bridgehead atoms. The van der Waals surface area contributed by atoms with E-state index in [9.17, 15) is 0 Å². The molecule has 0 saturated carbocycles. The van der Waals surface area contributed by atoms with Crippen molar-refractivity contribution in [3.8, 4) is 0 Å². The Morgan fingerprint density at radius 1 is 1.10 bits per heavy atom. The molecule has 112 valence electrons. The molecule has 0 N–H and O–H groups in total. The van der Waals surface area contributed by atoms with Crippen molar-refractivity contribution < 1.29 is 4.74 Å². The van der Waals surface area contributed by atoms with E-state index in [1.807, 2.05) is 0 Å². The number of piperidine rings is 1. The lowest BCUT2D eigenvalue weighted by atomic mass is 9.93. The molecule has 0 unspecified atom stereocenters. The van der Waals surface area contributed by atoms with Crippen molar-refractivity contribution in [2.24, 2.45) is 0 Å². The van der Waals surface area contributed by atoms with Crippen LogP contribution in [0, 0.1) is 0 Å². The number of hydrogen-bond donors (Lipinski definition) is 0. The van der Waals surface area contributed by atoms with Gasteiger partial charge in [0.2, 0.25) is 0 Å². The summed E-state index contributed by atoms with van der Waals surface area (Å²) in [4.78, 5) is 2.65. The van der Waals surface area contributed by atoms with E-state index in [2.05, 4.69) is 42.2 Å². The summed E-state index contributed by atoms with van der Waals surface area (Å²) in [6, 6.07) is 11.0. The Labute approximate surface area is 124 Å². The highest BCUT2D eigenvalue weighted by molar-refractivity contribution is 5.19. The van der Waals surface area contributed by atoms with E-state index in [4.69, 9.17) is 4.74 Å². The van der Waals surface area contributed by atoms with Crippen molar-refractivity contribution in [3.05, 3.63) is 35.9 Å². The van der Waals surface area contributed by atoms with Gasteiger partial charge in [-0.25, -0.2) is 0 Å². The van der Waals surface area contributed by atoms with Crippen LogP contribution < -0.4 is 0 Å². The average Bonchev–Trinajstić information content (AvgIpc) is 2.52. The second kappa shape index (κ2) is 9.15. The summed E-state index contributed by atoms with van der Waals surface area (Å²) in [5.74, 6) is 0.662. The van der Waals surface area contributed by atoms with Crippen LogP contribution in [-0.2, 0) is 4.74 Å². The standard InChI is InChI=1S/C18H29NO/c1-2-20-15-9-12-18(17-10-5-3-6-11-17)16-19-13-7-4-8-14-19/h3,5-6,10-11,18H,2,4,7-9,12-16H2,1H3/t18-/m0/s1. The number of rotatable bonds is 8. The maximum atomic E-state index is 5.50. The zero-order valence-electron chi connectivity index (χ0n) is 12.9. The van der Waals surface area contributed by atoms with Gasteiger partial charge in [-0.15, -0.1) is 0 Å². The van der Waals surface area contributed by atoms with Crippen molar-refractivity contribution >= 4 is 0 Å². The third-order valence-corrected chi connectivity index (χ3v) is 4.24. The molecule has 1 aromatic carbocycles. The highest BCUT2D eigenvalue weighted by atomic mass is 16.5. The first kappa shape index (κ1) is 15.5. The molecule has 0 spiro atoms. The van der Waals surface area contributed by atoms with Gasteiger partial charge in [0.1, 0.15) is 0 Å². The van der Waals surface area contributed by atoms with Crippen LogP contribution in [0.4, 0.5) is 0 Å². The van der Waals surface area contributed by atoms with Gasteiger partial charge in [-0.1, -0.05) is 36.8 Å². The van der Waals surface area contributed by atoms with Crippen LogP contribution in [0.15, 0.2) is 30.3 Å². The minimum absolute atomic E-state index is 0.662. The van der Waals surface area contributed by atoms with Crippen LogP contribution >= 0.6 is 0 Å². The van der Waals surface area contributed by atoms with Gasteiger partial charge in [-0.2, -0.15) is 0 Å². The van der Waals surface area contributed by atoms with Gasteiger partial charge in [-0.3, -0.25) is 0 Å². The molecule has 1 heterocycles. The molecular formula is C18H29NO. The fourth-order valence-corrected chi connectivity index (χ4v) is 3.12. The summed E-state index contributed by atoms with van der Waals surface area (Å²) < 4.78 is 5.50. The van der Waals surface area contributed by atoms with Gasteiger partial charge >= 0.3 is 0 Å². The second-order valence-electron chi connectivity index (χ2n) is 5.81. The highest BCUT2D eigenvalue weighted by Crippen LogP contribution is 2.24. The normalized spacial score (nSPS) is 18.1. The molecule has 1 aromatic rings. The second-order valence-corrected chi connectivity index (χ2v) is 5.81. The first-order valence-corrected chi connectivity index (χ1v) is 8.25. The molecular weight excluding hydrogens is 246 g/mol. The zero-order chi connectivity index (χ0) is 14.0. The Morgan fingerprint density at radius 3 is 2.55 bits per heavy atom. The van der Waals surface area contributed by atoms with E-state index < -0.39 is 0 Å². The summed E-state index contributed by atoms with van der Waals surface area (Å²) in [5.41, 5.74) is 1.49. The quantitative estimate of drug-likeness (QED) is 0.663. The largest absolute Gasteiger partial charge is 0.382 e. The fraction of sp³-hybridized carbons (Fsp3) is 0.667. The van der Waals surface area contributed by atoms with Gasteiger partial charge < -0.3 is 9.64 Å². The summed E-state index contributed by atoms with van der Waals surface area (Å²) in [5, 5.41) is 0. The molecule has 2 rings (SSSR count). The summed E-state index contributed by atoms with van der Waals surface area (Å²) in [6.45, 7) is 7.60. The summed E-state index contributed by atoms with van der Waals surface area (Å²) >= 11 is 0. The summed E-state index contributed by atoms with van der Waals surface area (Å²) in [7, 11) is 0. The SMILES string of the molecule is CCOCCC[C@@H](CN1CCCCC1)c1ccccc1. The van der Waals surface area contributed by atoms with Crippen LogP contribution in [0.25, 0.3) is 0 Å². The fourth-order valence-electron chi connectivity index (χ4n) is 3.12. The van der Waals surface area contributed by atoms with E-state index in [-0.39, 0.29) is 0 Å². The number of benzene rings is 1. The average molecular weight is 275 g/mol. The lowest BCUT2D eigenvalue weighted by Crippen LogP contribution is -2.33. The van der Waals surface area contributed by atoms with E-state index in [1.54, 1.807) is 0 Å². The highest BCUT2D eigenvalue weighted by Gasteiger charge is 2.17. The number of nitrogens with zero attached hydrogens (tertiary/aromatic N) is 1. The molecule has 20 heavy (non-hydrogen) atoms. The zero-order valence-corrected chi connectivity index (χ0v) is 12.9. The van der Waals surface area contributed by atoms with Crippen LogP contribution in [-0.4, -0.2) is 37.7 Å². The minimum Gasteiger partial charge on any atom is -0.382 e. The van der Waals surface area contributed by atoms with Gasteiger partial charge in [0.05, 0.1) is 0 Å². The molecule has 2 nitrogen and oxygen atoms in total. The Balaban J connectivity index is 1.89. The van der Waals surface area contributed by atoms with E-state index in [0.717, 1.165) is 13.2 Å². The van der Waals surface area contributed by atoms with Crippen LogP contribution in [0.2, 0.25) is 0 Å². The van der Waals surface area contributed by atoms with Crippen LogP contribution in [0.3, 0.4) is 0 Å². The van der Waals surface area contributed by atoms with Crippen molar-refractivity contribution in [2.45, 2.75) is 44.9 Å². The molecule has 1 fully saturated rings. The number of likely N-dealkylation sites (tertiary alicyclic amines) is 1.